The highest BCUT2D eigenvalue weighted by Gasteiger charge is 2.28. The number of para-hydroxylation sites is 1. The van der Waals surface area contributed by atoms with Gasteiger partial charge in [-0.1, -0.05) is 18.2 Å². The van der Waals surface area contributed by atoms with E-state index in [1.54, 1.807) is 15.3 Å². The summed E-state index contributed by atoms with van der Waals surface area (Å²) < 4.78 is 9.01. The monoisotopic (exact) mass is 422 g/mol. The number of benzene rings is 1. The van der Waals surface area contributed by atoms with Crippen molar-refractivity contribution in [2.75, 3.05) is 19.7 Å². The third-order valence-corrected chi connectivity index (χ3v) is 6.20. The number of nitrogens with zero attached hydrogens (tertiary/aromatic N) is 5. The Kier molecular flexibility index (Phi) is 5.09. The Morgan fingerprint density at radius 2 is 2.03 bits per heavy atom. The fourth-order valence-corrected chi connectivity index (χ4v) is 4.46. The Morgan fingerprint density at radius 1 is 1.23 bits per heavy atom. The van der Waals surface area contributed by atoms with Crippen molar-refractivity contribution in [2.24, 2.45) is 5.92 Å². The Labute approximate surface area is 179 Å². The molecule has 2 aromatic heterocycles. The molecule has 0 atom stereocenters. The second-order valence-corrected chi connectivity index (χ2v) is 8.30. The van der Waals surface area contributed by atoms with Gasteiger partial charge in [-0.05, 0) is 37.3 Å². The highest BCUT2D eigenvalue weighted by Crippen LogP contribution is 2.25. The standard InChI is InChI=1S/C22H26N6O3/c1-15-5-2-3-6-18(15)28-19(23-24-22(28)30)13-16-7-10-26(11-8-16)21(29)17-14-20-27(25-17)9-4-12-31-20/h2-3,5-6,14,16H,4,7-13H2,1H3,(H,24,30). The highest BCUT2D eigenvalue weighted by molar-refractivity contribution is 5.92. The predicted molar refractivity (Wildman–Crippen MR) is 114 cm³/mol. The maximum Gasteiger partial charge on any atom is 0.347 e. The number of ether oxygens (including phenoxy) is 1. The summed E-state index contributed by atoms with van der Waals surface area (Å²) in [6.45, 7) is 4.79. The van der Waals surface area contributed by atoms with Gasteiger partial charge in [-0.2, -0.15) is 10.2 Å². The van der Waals surface area contributed by atoms with Gasteiger partial charge in [0, 0.05) is 38.5 Å². The molecule has 0 aliphatic carbocycles. The molecule has 1 N–H and O–H groups in total. The van der Waals surface area contributed by atoms with Gasteiger partial charge in [0.1, 0.15) is 5.82 Å². The van der Waals surface area contributed by atoms with Crippen LogP contribution in [0.4, 0.5) is 0 Å². The van der Waals surface area contributed by atoms with Gasteiger partial charge in [-0.25, -0.2) is 19.1 Å². The van der Waals surface area contributed by atoms with E-state index in [2.05, 4.69) is 15.3 Å². The molecule has 31 heavy (non-hydrogen) atoms. The lowest BCUT2D eigenvalue weighted by Crippen LogP contribution is -2.39. The normalized spacial score (nSPS) is 16.7. The van der Waals surface area contributed by atoms with Crippen molar-refractivity contribution < 1.29 is 9.53 Å². The first kappa shape index (κ1) is 19.6. The average molecular weight is 422 g/mol. The first-order chi connectivity index (χ1) is 15.1. The van der Waals surface area contributed by atoms with Crippen molar-refractivity contribution in [3.05, 3.63) is 57.9 Å². The first-order valence-electron chi connectivity index (χ1n) is 10.8. The van der Waals surface area contributed by atoms with Crippen LogP contribution >= 0.6 is 0 Å². The van der Waals surface area contributed by atoms with E-state index in [-0.39, 0.29) is 11.6 Å². The summed E-state index contributed by atoms with van der Waals surface area (Å²) in [6.07, 6.45) is 3.34. The topological polar surface area (TPSA) is 98.0 Å². The third-order valence-electron chi connectivity index (χ3n) is 6.20. The number of H-pyrrole nitrogens is 1. The van der Waals surface area contributed by atoms with Crippen molar-refractivity contribution in [2.45, 2.75) is 39.2 Å². The van der Waals surface area contributed by atoms with E-state index in [9.17, 15) is 9.59 Å². The number of rotatable bonds is 4. The van der Waals surface area contributed by atoms with Gasteiger partial charge >= 0.3 is 5.69 Å². The Hall–Kier alpha value is -3.36. The molecule has 1 amide bonds. The molecule has 2 aliphatic heterocycles. The number of piperidine rings is 1. The molecule has 1 aromatic carbocycles. The highest BCUT2D eigenvalue weighted by atomic mass is 16.5. The summed E-state index contributed by atoms with van der Waals surface area (Å²) in [5.74, 6) is 1.74. The Bertz CT molecular complexity index is 1130. The van der Waals surface area contributed by atoms with Gasteiger partial charge in [0.05, 0.1) is 12.3 Å². The molecule has 9 heteroatoms. The van der Waals surface area contributed by atoms with E-state index >= 15 is 0 Å². The van der Waals surface area contributed by atoms with Gasteiger partial charge in [0.2, 0.25) is 5.88 Å². The lowest BCUT2D eigenvalue weighted by molar-refractivity contribution is 0.0682. The predicted octanol–water partition coefficient (Wildman–Crippen LogP) is 1.94. The van der Waals surface area contributed by atoms with E-state index in [0.29, 0.717) is 43.6 Å². The number of aromatic amines is 1. The molecule has 2 aliphatic rings. The first-order valence-corrected chi connectivity index (χ1v) is 10.8. The number of fused-ring (bicyclic) bond motifs is 1. The van der Waals surface area contributed by atoms with Crippen LogP contribution in [0.1, 0.15) is 41.1 Å². The van der Waals surface area contributed by atoms with Gasteiger partial charge in [-0.15, -0.1) is 0 Å². The zero-order chi connectivity index (χ0) is 21.4. The maximum absolute atomic E-state index is 12.9. The second-order valence-electron chi connectivity index (χ2n) is 8.30. The minimum atomic E-state index is -0.220. The SMILES string of the molecule is Cc1ccccc1-n1c(CC2CCN(C(=O)c3cc4n(n3)CCCO4)CC2)n[nH]c1=O. The summed E-state index contributed by atoms with van der Waals surface area (Å²) in [4.78, 5) is 27.1. The maximum atomic E-state index is 12.9. The minimum Gasteiger partial charge on any atom is -0.478 e. The summed E-state index contributed by atoms with van der Waals surface area (Å²) in [5, 5.41) is 11.3. The summed E-state index contributed by atoms with van der Waals surface area (Å²) in [7, 11) is 0. The van der Waals surface area contributed by atoms with Crippen LogP contribution in [0.2, 0.25) is 0 Å². The fourth-order valence-electron chi connectivity index (χ4n) is 4.46. The Balaban J connectivity index is 1.25. The van der Waals surface area contributed by atoms with Crippen molar-refractivity contribution in [3.8, 4) is 11.6 Å². The largest absolute Gasteiger partial charge is 0.478 e. The van der Waals surface area contributed by atoms with Crippen LogP contribution in [0.3, 0.4) is 0 Å². The quantitative estimate of drug-likeness (QED) is 0.693. The number of hydrogen-bond donors (Lipinski definition) is 1. The second kappa shape index (κ2) is 8.05. The van der Waals surface area contributed by atoms with E-state index in [0.717, 1.165) is 42.9 Å². The smallest absolute Gasteiger partial charge is 0.347 e. The molecule has 0 radical (unpaired) electrons. The zero-order valence-corrected chi connectivity index (χ0v) is 17.6. The molecule has 0 bridgehead atoms. The van der Waals surface area contributed by atoms with Gasteiger partial charge in [-0.3, -0.25) is 4.79 Å². The van der Waals surface area contributed by atoms with Crippen LogP contribution in [-0.2, 0) is 13.0 Å². The summed E-state index contributed by atoms with van der Waals surface area (Å²) in [5.41, 5.74) is 2.12. The van der Waals surface area contributed by atoms with Crippen LogP contribution in [0.15, 0.2) is 35.1 Å². The number of likely N-dealkylation sites (tertiary alicyclic amines) is 1. The molecule has 4 heterocycles. The van der Waals surface area contributed by atoms with Crippen LogP contribution < -0.4 is 10.4 Å². The lowest BCUT2D eigenvalue weighted by atomic mass is 9.93. The number of carbonyl (C=O) groups excluding carboxylic acids is 1. The number of nitrogens with one attached hydrogen (secondary N) is 1. The molecule has 1 fully saturated rings. The van der Waals surface area contributed by atoms with E-state index < -0.39 is 0 Å². The molecule has 0 unspecified atom stereocenters. The van der Waals surface area contributed by atoms with E-state index in [4.69, 9.17) is 4.74 Å². The van der Waals surface area contributed by atoms with Crippen LogP contribution in [-0.4, -0.2) is 55.0 Å². The van der Waals surface area contributed by atoms with Gasteiger partial charge in [0.15, 0.2) is 5.69 Å². The van der Waals surface area contributed by atoms with E-state index in [1.807, 2.05) is 36.1 Å². The lowest BCUT2D eigenvalue weighted by Gasteiger charge is -2.31. The number of hydrogen-bond acceptors (Lipinski definition) is 5. The number of carbonyl (C=O) groups is 1. The molecular weight excluding hydrogens is 396 g/mol. The zero-order valence-electron chi connectivity index (χ0n) is 17.6. The number of amides is 1. The van der Waals surface area contributed by atoms with E-state index in [1.165, 1.54) is 0 Å². The Morgan fingerprint density at radius 3 is 2.81 bits per heavy atom. The van der Waals surface area contributed by atoms with Gasteiger partial charge < -0.3 is 9.64 Å². The molecule has 5 rings (SSSR count). The number of aryl methyl sites for hydroxylation is 2. The van der Waals surface area contributed by atoms with Crippen LogP contribution in [0.5, 0.6) is 5.88 Å². The molecule has 9 nitrogen and oxygen atoms in total. The van der Waals surface area contributed by atoms with Gasteiger partial charge in [0.25, 0.3) is 5.91 Å². The molecule has 3 aromatic rings. The van der Waals surface area contributed by atoms with Crippen molar-refractivity contribution in [1.29, 1.82) is 0 Å². The fraction of sp³-hybridized carbons (Fsp3) is 0.455. The average Bonchev–Trinajstić information content (AvgIpc) is 3.38. The molecule has 1 saturated heterocycles. The van der Waals surface area contributed by atoms with Crippen molar-refractivity contribution >= 4 is 5.91 Å². The number of aromatic nitrogens is 5. The van der Waals surface area contributed by atoms with Crippen molar-refractivity contribution in [3.63, 3.8) is 0 Å². The summed E-state index contributed by atoms with van der Waals surface area (Å²) in [6, 6.07) is 9.55. The van der Waals surface area contributed by atoms with Crippen molar-refractivity contribution in [1.82, 2.24) is 29.4 Å². The van der Waals surface area contributed by atoms with Crippen LogP contribution in [0.25, 0.3) is 5.69 Å². The molecular formula is C22H26N6O3. The molecule has 0 spiro atoms. The third kappa shape index (κ3) is 3.75. The molecule has 162 valence electrons. The summed E-state index contributed by atoms with van der Waals surface area (Å²) >= 11 is 0. The minimum absolute atomic E-state index is 0.0412. The van der Waals surface area contributed by atoms with Crippen LogP contribution in [0, 0.1) is 12.8 Å². The molecule has 0 saturated carbocycles.